The van der Waals surface area contributed by atoms with Gasteiger partial charge in [-0.1, -0.05) is 41.4 Å². The first-order valence-corrected chi connectivity index (χ1v) is 8.64. The van der Waals surface area contributed by atoms with Crippen LogP contribution >= 0.6 is 23.2 Å². The molecule has 6 heteroatoms. The van der Waals surface area contributed by atoms with Gasteiger partial charge < -0.3 is 15.0 Å². The molecule has 3 rings (SSSR count). The van der Waals surface area contributed by atoms with Crippen molar-refractivity contribution in [3.8, 4) is 17.0 Å². The maximum atomic E-state index is 6.36. The first kappa shape index (κ1) is 17.8. The lowest BCUT2D eigenvalue weighted by Gasteiger charge is -2.15. The Morgan fingerprint density at radius 1 is 1.20 bits per heavy atom. The molecule has 3 aromatic rings. The highest BCUT2D eigenvalue weighted by atomic mass is 35.5. The van der Waals surface area contributed by atoms with Crippen LogP contribution in [0, 0.1) is 0 Å². The van der Waals surface area contributed by atoms with Crippen molar-refractivity contribution in [1.29, 1.82) is 0 Å². The Bertz CT molecular complexity index is 890. The molecule has 0 saturated carbocycles. The fraction of sp³-hybridized carbons (Fsp3) is 0.211. The van der Waals surface area contributed by atoms with Gasteiger partial charge in [-0.3, -0.25) is 0 Å². The summed E-state index contributed by atoms with van der Waals surface area (Å²) in [5, 5.41) is 1.14. The summed E-state index contributed by atoms with van der Waals surface area (Å²) in [6.45, 7) is 2.54. The van der Waals surface area contributed by atoms with Gasteiger partial charge in [-0.2, -0.15) is 0 Å². The van der Waals surface area contributed by atoms with Gasteiger partial charge in [0.05, 0.1) is 36.4 Å². The summed E-state index contributed by atoms with van der Waals surface area (Å²) in [6.07, 6.45) is 1.78. The third-order valence-corrected chi connectivity index (χ3v) is 4.58. The highest BCUT2D eigenvalue weighted by molar-refractivity contribution is 6.36. The lowest BCUT2D eigenvalue weighted by Crippen LogP contribution is -2.14. The number of para-hydroxylation sites is 1. The SMILES string of the molecule is COc1ccccc1Cn1cnc(-c2ccc(Cl)cc2Cl)c1C(C)N. The molecule has 0 fully saturated rings. The Labute approximate surface area is 157 Å². The Kier molecular flexibility index (Phi) is 5.33. The molecule has 0 aliphatic carbocycles. The fourth-order valence-electron chi connectivity index (χ4n) is 2.90. The van der Waals surface area contributed by atoms with Crippen LogP contribution in [0.15, 0.2) is 48.8 Å². The zero-order valence-corrected chi connectivity index (χ0v) is 15.6. The molecule has 1 atom stereocenters. The number of hydrogen-bond acceptors (Lipinski definition) is 3. The van der Waals surface area contributed by atoms with Crippen molar-refractivity contribution in [3.63, 3.8) is 0 Å². The van der Waals surface area contributed by atoms with Gasteiger partial charge in [-0.25, -0.2) is 4.98 Å². The standard InChI is InChI=1S/C19H19Cl2N3O/c1-12(22)19-18(15-8-7-14(20)9-16(15)21)23-11-24(19)10-13-5-3-4-6-17(13)25-2/h3-9,11-12H,10,22H2,1-2H3. The topological polar surface area (TPSA) is 53.1 Å². The van der Waals surface area contributed by atoms with Crippen LogP contribution < -0.4 is 10.5 Å². The van der Waals surface area contributed by atoms with E-state index < -0.39 is 0 Å². The normalized spacial score (nSPS) is 12.2. The Morgan fingerprint density at radius 2 is 1.96 bits per heavy atom. The predicted molar refractivity (Wildman–Crippen MR) is 102 cm³/mol. The first-order chi connectivity index (χ1) is 12.0. The van der Waals surface area contributed by atoms with Gasteiger partial charge in [0, 0.05) is 22.2 Å². The van der Waals surface area contributed by atoms with Crippen molar-refractivity contribution in [2.24, 2.45) is 5.73 Å². The Morgan fingerprint density at radius 3 is 2.64 bits per heavy atom. The Hall–Kier alpha value is -2.01. The molecule has 0 amide bonds. The third-order valence-electron chi connectivity index (χ3n) is 4.03. The van der Waals surface area contributed by atoms with Gasteiger partial charge in [0.1, 0.15) is 5.75 Å². The smallest absolute Gasteiger partial charge is 0.123 e. The van der Waals surface area contributed by atoms with Crippen LogP contribution in [0.2, 0.25) is 10.0 Å². The molecule has 0 radical (unpaired) electrons. The van der Waals surface area contributed by atoms with E-state index in [-0.39, 0.29) is 6.04 Å². The predicted octanol–water partition coefficient (Wildman–Crippen LogP) is 4.93. The van der Waals surface area contributed by atoms with E-state index in [1.807, 2.05) is 41.8 Å². The number of imidazole rings is 1. The number of halogens is 2. The van der Waals surface area contributed by atoms with Crippen LogP contribution in [0.5, 0.6) is 5.75 Å². The van der Waals surface area contributed by atoms with Gasteiger partial charge in [0.2, 0.25) is 0 Å². The van der Waals surface area contributed by atoms with Crippen molar-refractivity contribution >= 4 is 23.2 Å². The van der Waals surface area contributed by atoms with E-state index in [4.69, 9.17) is 33.7 Å². The summed E-state index contributed by atoms with van der Waals surface area (Å²) >= 11 is 12.4. The number of benzene rings is 2. The molecule has 1 unspecified atom stereocenters. The van der Waals surface area contributed by atoms with Crippen LogP contribution in [0.25, 0.3) is 11.3 Å². The van der Waals surface area contributed by atoms with E-state index >= 15 is 0 Å². The molecule has 0 saturated heterocycles. The monoisotopic (exact) mass is 375 g/mol. The average molecular weight is 376 g/mol. The second-order valence-corrected chi connectivity index (χ2v) is 6.67. The van der Waals surface area contributed by atoms with Crippen LogP contribution in [0.1, 0.15) is 24.2 Å². The number of hydrogen-bond donors (Lipinski definition) is 1. The molecule has 0 spiro atoms. The van der Waals surface area contributed by atoms with E-state index in [0.29, 0.717) is 16.6 Å². The molecule has 0 bridgehead atoms. The van der Waals surface area contributed by atoms with Crippen molar-refractivity contribution in [2.45, 2.75) is 19.5 Å². The third kappa shape index (κ3) is 3.66. The number of aromatic nitrogens is 2. The van der Waals surface area contributed by atoms with Gasteiger partial charge in [0.25, 0.3) is 0 Å². The van der Waals surface area contributed by atoms with Crippen molar-refractivity contribution in [2.75, 3.05) is 7.11 Å². The van der Waals surface area contributed by atoms with E-state index in [2.05, 4.69) is 4.98 Å². The first-order valence-electron chi connectivity index (χ1n) is 7.89. The fourth-order valence-corrected chi connectivity index (χ4v) is 3.40. The number of rotatable bonds is 5. The second kappa shape index (κ2) is 7.48. The minimum absolute atomic E-state index is 0.209. The quantitative estimate of drug-likeness (QED) is 0.687. The molecule has 25 heavy (non-hydrogen) atoms. The summed E-state index contributed by atoms with van der Waals surface area (Å²) < 4.78 is 7.47. The highest BCUT2D eigenvalue weighted by Gasteiger charge is 2.19. The van der Waals surface area contributed by atoms with Gasteiger partial charge in [-0.05, 0) is 31.2 Å². The minimum atomic E-state index is -0.209. The molecular formula is C19H19Cl2N3O. The summed E-state index contributed by atoms with van der Waals surface area (Å²) in [5.41, 5.74) is 9.79. The zero-order valence-electron chi connectivity index (χ0n) is 14.0. The molecule has 0 aliphatic heterocycles. The maximum Gasteiger partial charge on any atom is 0.123 e. The molecule has 0 aliphatic rings. The molecule has 4 nitrogen and oxygen atoms in total. The summed E-state index contributed by atoms with van der Waals surface area (Å²) in [7, 11) is 1.66. The number of nitrogens with zero attached hydrogens (tertiary/aromatic N) is 2. The second-order valence-electron chi connectivity index (χ2n) is 5.83. The molecule has 2 N–H and O–H groups in total. The molecule has 1 aromatic heterocycles. The summed E-state index contributed by atoms with van der Waals surface area (Å²) in [5.74, 6) is 0.831. The number of nitrogens with two attached hydrogens (primary N) is 1. The van der Waals surface area contributed by atoms with Crippen molar-refractivity contribution in [1.82, 2.24) is 9.55 Å². The molecule has 2 aromatic carbocycles. The summed E-state index contributed by atoms with van der Waals surface area (Å²) in [6, 6.07) is 13.1. The van der Waals surface area contributed by atoms with E-state index in [9.17, 15) is 0 Å². The van der Waals surface area contributed by atoms with Crippen LogP contribution in [-0.4, -0.2) is 16.7 Å². The van der Waals surface area contributed by atoms with Gasteiger partial charge in [-0.15, -0.1) is 0 Å². The number of ether oxygens (including phenoxy) is 1. The maximum absolute atomic E-state index is 6.36. The lowest BCUT2D eigenvalue weighted by atomic mass is 10.1. The highest BCUT2D eigenvalue weighted by Crippen LogP contribution is 2.34. The zero-order chi connectivity index (χ0) is 18.0. The molecular weight excluding hydrogens is 357 g/mol. The van der Waals surface area contributed by atoms with Crippen molar-refractivity contribution < 1.29 is 4.74 Å². The molecule has 1 heterocycles. The largest absolute Gasteiger partial charge is 0.496 e. The van der Waals surface area contributed by atoms with Gasteiger partial charge >= 0.3 is 0 Å². The number of methoxy groups -OCH3 is 1. The van der Waals surface area contributed by atoms with E-state index in [0.717, 1.165) is 28.3 Å². The van der Waals surface area contributed by atoms with Crippen molar-refractivity contribution in [3.05, 3.63) is 70.1 Å². The average Bonchev–Trinajstić information content (AvgIpc) is 2.99. The van der Waals surface area contributed by atoms with Crippen LogP contribution in [0.3, 0.4) is 0 Å². The molecule has 130 valence electrons. The summed E-state index contributed by atoms with van der Waals surface area (Å²) in [4.78, 5) is 4.56. The van der Waals surface area contributed by atoms with Crippen LogP contribution in [-0.2, 0) is 6.54 Å². The minimum Gasteiger partial charge on any atom is -0.496 e. The van der Waals surface area contributed by atoms with E-state index in [1.165, 1.54) is 0 Å². The lowest BCUT2D eigenvalue weighted by molar-refractivity contribution is 0.408. The van der Waals surface area contributed by atoms with E-state index in [1.54, 1.807) is 25.6 Å². The van der Waals surface area contributed by atoms with Gasteiger partial charge in [0.15, 0.2) is 0 Å². The Balaban J connectivity index is 2.06. The van der Waals surface area contributed by atoms with Crippen LogP contribution in [0.4, 0.5) is 0 Å².